The smallest absolute Gasteiger partial charge is 0.303 e. The van der Waals surface area contributed by atoms with Crippen LogP contribution in [0.5, 0.6) is 0 Å². The maximum atomic E-state index is 11.3. The van der Waals surface area contributed by atoms with Crippen molar-refractivity contribution in [2.24, 2.45) is 0 Å². The molecule has 4 nitrogen and oxygen atoms in total. The number of hydrogen-bond acceptors (Lipinski definition) is 2. The van der Waals surface area contributed by atoms with Crippen LogP contribution in [0.3, 0.4) is 0 Å². The van der Waals surface area contributed by atoms with Gasteiger partial charge in [0.15, 0.2) is 0 Å². The minimum absolute atomic E-state index is 0.00413. The lowest BCUT2D eigenvalue weighted by Gasteiger charge is -2.16. The highest BCUT2D eigenvalue weighted by Crippen LogP contribution is 2.14. The molecule has 1 rings (SSSR count). The molecule has 1 N–H and O–H groups in total. The van der Waals surface area contributed by atoms with Gasteiger partial charge < -0.3 is 10.0 Å². The van der Waals surface area contributed by atoms with Gasteiger partial charge in [-0.1, -0.05) is 19.4 Å². The predicted molar refractivity (Wildman–Crippen MR) is 60.7 cm³/mol. The summed E-state index contributed by atoms with van der Waals surface area (Å²) >= 11 is 0. The summed E-state index contributed by atoms with van der Waals surface area (Å²) < 4.78 is 0. The zero-order valence-electron chi connectivity index (χ0n) is 9.32. The first kappa shape index (κ1) is 12.5. The summed E-state index contributed by atoms with van der Waals surface area (Å²) in [6, 6.07) is 0. The van der Waals surface area contributed by atoms with Crippen molar-refractivity contribution in [2.75, 3.05) is 6.54 Å². The highest BCUT2D eigenvalue weighted by atomic mass is 16.4. The molecule has 0 radical (unpaired) electrons. The number of carbonyl (C=O) groups is 2. The second-order valence-corrected chi connectivity index (χ2v) is 3.87. The number of amides is 1. The summed E-state index contributed by atoms with van der Waals surface area (Å²) in [7, 11) is 0. The SMILES string of the molecule is C=C1C=CC(=O)N1CCCCCCC(=O)O. The molecule has 0 spiro atoms. The molecule has 88 valence electrons. The van der Waals surface area contributed by atoms with Crippen molar-refractivity contribution in [3.05, 3.63) is 24.4 Å². The summed E-state index contributed by atoms with van der Waals surface area (Å²) in [5, 5.41) is 8.44. The van der Waals surface area contributed by atoms with Crippen LogP contribution in [-0.4, -0.2) is 28.4 Å². The number of unbranched alkanes of at least 4 members (excludes halogenated alkanes) is 3. The van der Waals surface area contributed by atoms with E-state index in [1.807, 2.05) is 0 Å². The first-order valence-corrected chi connectivity index (χ1v) is 5.51. The molecule has 1 aliphatic heterocycles. The Morgan fingerprint density at radius 3 is 2.50 bits per heavy atom. The predicted octanol–water partition coefficient (Wildman–Crippen LogP) is 1.93. The lowest BCUT2D eigenvalue weighted by molar-refractivity contribution is -0.137. The van der Waals surface area contributed by atoms with Crippen LogP contribution in [0.4, 0.5) is 0 Å². The topological polar surface area (TPSA) is 57.6 Å². The fourth-order valence-corrected chi connectivity index (χ4v) is 1.64. The summed E-state index contributed by atoms with van der Waals surface area (Å²) in [6.45, 7) is 4.44. The van der Waals surface area contributed by atoms with E-state index in [4.69, 9.17) is 5.11 Å². The van der Waals surface area contributed by atoms with E-state index in [0.717, 1.165) is 25.0 Å². The van der Waals surface area contributed by atoms with E-state index in [0.29, 0.717) is 13.0 Å². The van der Waals surface area contributed by atoms with Gasteiger partial charge in [-0.15, -0.1) is 0 Å². The van der Waals surface area contributed by atoms with Crippen LogP contribution in [-0.2, 0) is 9.59 Å². The zero-order chi connectivity index (χ0) is 12.0. The number of rotatable bonds is 7. The molecule has 0 saturated heterocycles. The van der Waals surface area contributed by atoms with Crippen molar-refractivity contribution in [3.8, 4) is 0 Å². The molecular formula is C12H17NO3. The Balaban J connectivity index is 2.05. The molecule has 16 heavy (non-hydrogen) atoms. The minimum Gasteiger partial charge on any atom is -0.481 e. The number of nitrogens with zero attached hydrogens (tertiary/aromatic N) is 1. The molecule has 1 aliphatic rings. The van der Waals surface area contributed by atoms with Crippen molar-refractivity contribution in [1.29, 1.82) is 0 Å². The third-order valence-electron chi connectivity index (χ3n) is 2.55. The van der Waals surface area contributed by atoms with Gasteiger partial charge in [0.05, 0.1) is 0 Å². The first-order valence-electron chi connectivity index (χ1n) is 5.51. The van der Waals surface area contributed by atoms with Gasteiger partial charge in [-0.25, -0.2) is 0 Å². The number of hydrogen-bond donors (Lipinski definition) is 1. The Labute approximate surface area is 95.2 Å². The summed E-state index contributed by atoms with van der Waals surface area (Å²) in [4.78, 5) is 23.2. The van der Waals surface area contributed by atoms with E-state index in [1.165, 1.54) is 6.08 Å². The van der Waals surface area contributed by atoms with Crippen molar-refractivity contribution < 1.29 is 14.7 Å². The third-order valence-corrected chi connectivity index (χ3v) is 2.55. The molecule has 0 bridgehead atoms. The average molecular weight is 223 g/mol. The Bertz CT molecular complexity index is 302. The van der Waals surface area contributed by atoms with Crippen molar-refractivity contribution in [3.63, 3.8) is 0 Å². The number of carbonyl (C=O) groups excluding carboxylic acids is 1. The number of carboxylic acids is 1. The average Bonchev–Trinajstić information content (AvgIpc) is 2.53. The summed E-state index contributed by atoms with van der Waals surface area (Å²) in [5.41, 5.74) is 0.746. The van der Waals surface area contributed by atoms with Crippen LogP contribution in [0.1, 0.15) is 32.1 Å². The van der Waals surface area contributed by atoms with Gasteiger partial charge in [0.1, 0.15) is 0 Å². The van der Waals surface area contributed by atoms with Gasteiger partial charge in [0.25, 0.3) is 5.91 Å². The normalized spacial score (nSPS) is 14.9. The van der Waals surface area contributed by atoms with Crippen molar-refractivity contribution >= 4 is 11.9 Å². The fourth-order valence-electron chi connectivity index (χ4n) is 1.64. The molecule has 0 unspecified atom stereocenters. The van der Waals surface area contributed by atoms with Crippen molar-refractivity contribution in [2.45, 2.75) is 32.1 Å². The molecule has 0 aromatic rings. The van der Waals surface area contributed by atoms with E-state index in [1.54, 1.807) is 11.0 Å². The van der Waals surface area contributed by atoms with Crippen LogP contribution >= 0.6 is 0 Å². The van der Waals surface area contributed by atoms with Gasteiger partial charge in [-0.05, 0) is 18.9 Å². The fraction of sp³-hybridized carbons (Fsp3) is 0.500. The van der Waals surface area contributed by atoms with Crippen LogP contribution in [0.15, 0.2) is 24.4 Å². The van der Waals surface area contributed by atoms with Gasteiger partial charge >= 0.3 is 5.97 Å². The maximum absolute atomic E-state index is 11.3. The summed E-state index contributed by atoms with van der Waals surface area (Å²) in [6.07, 6.45) is 6.92. The Morgan fingerprint density at radius 1 is 1.25 bits per heavy atom. The molecule has 0 fully saturated rings. The zero-order valence-corrected chi connectivity index (χ0v) is 9.32. The highest BCUT2D eigenvalue weighted by Gasteiger charge is 2.17. The van der Waals surface area contributed by atoms with Gasteiger partial charge in [-0.3, -0.25) is 9.59 Å². The number of aliphatic carboxylic acids is 1. The van der Waals surface area contributed by atoms with Crippen LogP contribution < -0.4 is 0 Å². The number of allylic oxidation sites excluding steroid dienone is 1. The molecule has 1 heterocycles. The Kier molecular flexibility index (Phi) is 4.76. The Hall–Kier alpha value is -1.58. The molecule has 0 aliphatic carbocycles. The molecule has 4 heteroatoms. The minimum atomic E-state index is -0.743. The number of carboxylic acid groups (broad SMARTS) is 1. The lowest BCUT2D eigenvalue weighted by Crippen LogP contribution is -2.24. The van der Waals surface area contributed by atoms with Crippen LogP contribution in [0.2, 0.25) is 0 Å². The lowest BCUT2D eigenvalue weighted by atomic mass is 10.1. The third kappa shape index (κ3) is 3.88. The van der Waals surface area contributed by atoms with E-state index in [2.05, 4.69) is 6.58 Å². The van der Waals surface area contributed by atoms with Gasteiger partial charge in [-0.2, -0.15) is 0 Å². The second-order valence-electron chi connectivity index (χ2n) is 3.87. The molecule has 0 atom stereocenters. The molecular weight excluding hydrogens is 206 g/mol. The van der Waals surface area contributed by atoms with Crippen LogP contribution in [0, 0.1) is 0 Å². The van der Waals surface area contributed by atoms with Crippen LogP contribution in [0.25, 0.3) is 0 Å². The molecule has 0 saturated carbocycles. The van der Waals surface area contributed by atoms with E-state index in [-0.39, 0.29) is 12.3 Å². The molecule has 0 aromatic carbocycles. The van der Waals surface area contributed by atoms with Crippen molar-refractivity contribution in [1.82, 2.24) is 4.90 Å². The largest absolute Gasteiger partial charge is 0.481 e. The van der Waals surface area contributed by atoms with E-state index >= 15 is 0 Å². The van der Waals surface area contributed by atoms with Gasteiger partial charge in [0, 0.05) is 24.7 Å². The standard InChI is InChI=1S/C12H17NO3/c1-10-7-8-11(14)13(10)9-5-3-2-4-6-12(15)16/h7-8H,1-6,9H2,(H,15,16). The monoisotopic (exact) mass is 223 g/mol. The Morgan fingerprint density at radius 2 is 1.94 bits per heavy atom. The van der Waals surface area contributed by atoms with E-state index < -0.39 is 5.97 Å². The highest BCUT2D eigenvalue weighted by molar-refractivity contribution is 5.92. The summed E-state index contributed by atoms with van der Waals surface area (Å²) in [5.74, 6) is -0.747. The van der Waals surface area contributed by atoms with Gasteiger partial charge in [0.2, 0.25) is 0 Å². The molecule has 0 aromatic heterocycles. The first-order chi connectivity index (χ1) is 7.61. The second kappa shape index (κ2) is 6.10. The quantitative estimate of drug-likeness (QED) is 0.671. The maximum Gasteiger partial charge on any atom is 0.303 e. The van der Waals surface area contributed by atoms with E-state index in [9.17, 15) is 9.59 Å². The molecule has 1 amide bonds.